The first-order chi connectivity index (χ1) is 22.3. The fourth-order valence-electron chi connectivity index (χ4n) is 5.08. The van der Waals surface area contributed by atoms with Gasteiger partial charge in [-0.15, -0.1) is 0 Å². The van der Waals surface area contributed by atoms with Crippen LogP contribution in [0.2, 0.25) is 15.1 Å². The molecule has 0 unspecified atom stereocenters. The Hall–Kier alpha value is -3.56. The van der Waals surface area contributed by atoms with Crippen molar-refractivity contribution in [2.45, 2.75) is 64.1 Å². The highest BCUT2D eigenvalue weighted by Gasteiger charge is 2.35. The number of nitrogens with zero attached hydrogens (tertiary/aromatic N) is 2. The standard InChI is InChI=1S/C36H38Cl3N3O4S/c1-5-26(4)40-36(44)34(20-27-9-7-6-8-10-27)41(22-28-13-14-30(38)21-32(28)39)35(43)23-42(33-18-15-29(37)19-25(33)3)47(45,46)31-16-11-24(2)12-17-31/h6-19,21,26,34H,5,20,22-23H2,1-4H3,(H,40,44)/t26-,34-/m0/s1. The zero-order valence-corrected chi connectivity index (χ0v) is 29.8. The number of nitrogens with one attached hydrogen (secondary N) is 1. The summed E-state index contributed by atoms with van der Waals surface area (Å²) >= 11 is 19.0. The second-order valence-electron chi connectivity index (χ2n) is 11.5. The lowest BCUT2D eigenvalue weighted by atomic mass is 10.0. The number of halogens is 3. The fourth-order valence-corrected chi connectivity index (χ4v) is 7.25. The molecule has 0 saturated carbocycles. The van der Waals surface area contributed by atoms with E-state index in [-0.39, 0.29) is 35.5 Å². The molecule has 47 heavy (non-hydrogen) atoms. The lowest BCUT2D eigenvalue weighted by Gasteiger charge is -2.34. The van der Waals surface area contributed by atoms with Gasteiger partial charge >= 0.3 is 0 Å². The fraction of sp³-hybridized carbons (Fsp3) is 0.278. The summed E-state index contributed by atoms with van der Waals surface area (Å²) in [6.07, 6.45) is 0.865. The third-order valence-electron chi connectivity index (χ3n) is 7.94. The summed E-state index contributed by atoms with van der Waals surface area (Å²) in [7, 11) is -4.25. The summed E-state index contributed by atoms with van der Waals surface area (Å²) in [5, 5.41) is 4.18. The molecule has 0 bridgehead atoms. The van der Waals surface area contributed by atoms with E-state index in [1.165, 1.54) is 17.0 Å². The summed E-state index contributed by atoms with van der Waals surface area (Å²) in [4.78, 5) is 30.1. The van der Waals surface area contributed by atoms with E-state index in [0.717, 1.165) is 15.4 Å². The first-order valence-corrected chi connectivity index (χ1v) is 17.8. The third-order valence-corrected chi connectivity index (χ3v) is 10.5. The van der Waals surface area contributed by atoms with Gasteiger partial charge < -0.3 is 10.2 Å². The maximum Gasteiger partial charge on any atom is 0.264 e. The number of carbonyl (C=O) groups is 2. The van der Waals surface area contributed by atoms with Gasteiger partial charge in [-0.25, -0.2) is 8.42 Å². The molecule has 4 aromatic carbocycles. The van der Waals surface area contributed by atoms with E-state index >= 15 is 0 Å². The predicted molar refractivity (Wildman–Crippen MR) is 191 cm³/mol. The van der Waals surface area contributed by atoms with Crippen LogP contribution in [0.1, 0.15) is 42.5 Å². The minimum absolute atomic E-state index is 0.0212. The van der Waals surface area contributed by atoms with Crippen molar-refractivity contribution in [3.8, 4) is 0 Å². The van der Waals surface area contributed by atoms with Crippen LogP contribution in [-0.2, 0) is 32.6 Å². The highest BCUT2D eigenvalue weighted by molar-refractivity contribution is 7.92. The van der Waals surface area contributed by atoms with E-state index in [9.17, 15) is 18.0 Å². The van der Waals surface area contributed by atoms with Crippen molar-refractivity contribution < 1.29 is 18.0 Å². The monoisotopic (exact) mass is 713 g/mol. The van der Waals surface area contributed by atoms with Gasteiger partial charge in [-0.05, 0) is 86.3 Å². The molecule has 7 nitrogen and oxygen atoms in total. The largest absolute Gasteiger partial charge is 0.352 e. The molecule has 1 N–H and O–H groups in total. The van der Waals surface area contributed by atoms with Gasteiger partial charge in [0.15, 0.2) is 0 Å². The van der Waals surface area contributed by atoms with E-state index in [1.54, 1.807) is 55.5 Å². The number of amides is 2. The number of rotatable bonds is 13. The average Bonchev–Trinajstić information content (AvgIpc) is 3.03. The number of hydrogen-bond donors (Lipinski definition) is 1. The van der Waals surface area contributed by atoms with Crippen molar-refractivity contribution in [1.82, 2.24) is 10.2 Å². The van der Waals surface area contributed by atoms with Crippen LogP contribution in [0.4, 0.5) is 5.69 Å². The maximum atomic E-state index is 14.7. The molecule has 0 fully saturated rings. The van der Waals surface area contributed by atoms with Crippen LogP contribution in [0.25, 0.3) is 0 Å². The summed E-state index contributed by atoms with van der Waals surface area (Å²) in [5.74, 6) is -0.960. The molecular weight excluding hydrogens is 677 g/mol. The molecule has 0 aromatic heterocycles. The summed E-state index contributed by atoms with van der Waals surface area (Å²) in [6, 6.07) is 24.3. The Morgan fingerprint density at radius 2 is 1.49 bits per heavy atom. The van der Waals surface area contributed by atoms with Gasteiger partial charge in [-0.3, -0.25) is 13.9 Å². The van der Waals surface area contributed by atoms with Gasteiger partial charge in [-0.1, -0.05) is 95.8 Å². The maximum absolute atomic E-state index is 14.7. The van der Waals surface area contributed by atoms with Crippen molar-refractivity contribution in [2.75, 3.05) is 10.8 Å². The Balaban J connectivity index is 1.85. The number of carbonyl (C=O) groups excluding carboxylic acids is 2. The van der Waals surface area contributed by atoms with Crippen LogP contribution < -0.4 is 9.62 Å². The molecule has 0 radical (unpaired) electrons. The van der Waals surface area contributed by atoms with E-state index in [1.807, 2.05) is 51.1 Å². The van der Waals surface area contributed by atoms with E-state index in [2.05, 4.69) is 5.32 Å². The van der Waals surface area contributed by atoms with Gasteiger partial charge in [0.25, 0.3) is 10.0 Å². The number of anilines is 1. The van der Waals surface area contributed by atoms with Gasteiger partial charge in [0, 0.05) is 34.1 Å². The number of hydrogen-bond acceptors (Lipinski definition) is 4. The van der Waals surface area contributed by atoms with Crippen LogP contribution in [-0.4, -0.2) is 43.8 Å². The van der Waals surface area contributed by atoms with Crippen molar-refractivity contribution in [2.24, 2.45) is 0 Å². The van der Waals surface area contributed by atoms with Crippen molar-refractivity contribution in [3.05, 3.63) is 128 Å². The number of aryl methyl sites for hydroxylation is 2. The summed E-state index contributed by atoms with van der Waals surface area (Å²) < 4.78 is 29.6. The van der Waals surface area contributed by atoms with Crippen LogP contribution in [0.3, 0.4) is 0 Å². The molecule has 0 heterocycles. The van der Waals surface area contributed by atoms with E-state index in [0.29, 0.717) is 32.6 Å². The highest BCUT2D eigenvalue weighted by atomic mass is 35.5. The minimum Gasteiger partial charge on any atom is -0.352 e. The first-order valence-electron chi connectivity index (χ1n) is 15.2. The van der Waals surface area contributed by atoms with Gasteiger partial charge in [-0.2, -0.15) is 0 Å². The molecule has 2 amide bonds. The van der Waals surface area contributed by atoms with Gasteiger partial charge in [0.05, 0.1) is 10.6 Å². The molecule has 0 aliphatic rings. The molecular formula is C36H38Cl3N3O4S. The Labute approximate surface area is 292 Å². The lowest BCUT2D eigenvalue weighted by Crippen LogP contribution is -2.54. The predicted octanol–water partition coefficient (Wildman–Crippen LogP) is 8.01. The smallest absolute Gasteiger partial charge is 0.264 e. The van der Waals surface area contributed by atoms with Crippen molar-refractivity contribution >= 4 is 62.3 Å². The summed E-state index contributed by atoms with van der Waals surface area (Å²) in [6.45, 7) is 6.77. The second kappa shape index (κ2) is 16.0. The molecule has 0 spiro atoms. The number of benzene rings is 4. The van der Waals surface area contributed by atoms with Crippen LogP contribution in [0, 0.1) is 13.8 Å². The lowest BCUT2D eigenvalue weighted by molar-refractivity contribution is -0.140. The Morgan fingerprint density at radius 3 is 2.11 bits per heavy atom. The second-order valence-corrected chi connectivity index (χ2v) is 14.7. The zero-order valence-electron chi connectivity index (χ0n) is 26.7. The highest BCUT2D eigenvalue weighted by Crippen LogP contribution is 2.30. The number of sulfonamides is 1. The van der Waals surface area contributed by atoms with Crippen LogP contribution in [0.5, 0.6) is 0 Å². The molecule has 0 saturated heterocycles. The normalized spacial score (nSPS) is 12.7. The topological polar surface area (TPSA) is 86.8 Å². The first kappa shape index (κ1) is 36.3. The van der Waals surface area contributed by atoms with Gasteiger partial charge in [0.1, 0.15) is 12.6 Å². The molecule has 0 aliphatic heterocycles. The SMILES string of the molecule is CC[C@H](C)NC(=O)[C@H](Cc1ccccc1)N(Cc1ccc(Cl)cc1Cl)C(=O)CN(c1ccc(Cl)cc1C)S(=O)(=O)c1ccc(C)cc1. The molecule has 2 atom stereocenters. The molecule has 4 aromatic rings. The molecule has 11 heteroatoms. The zero-order chi connectivity index (χ0) is 34.3. The third kappa shape index (κ3) is 9.29. The van der Waals surface area contributed by atoms with Crippen LogP contribution >= 0.6 is 34.8 Å². The molecule has 248 valence electrons. The van der Waals surface area contributed by atoms with E-state index < -0.39 is 28.5 Å². The Morgan fingerprint density at radius 1 is 0.851 bits per heavy atom. The Bertz CT molecular complexity index is 1820. The van der Waals surface area contributed by atoms with Crippen molar-refractivity contribution in [1.29, 1.82) is 0 Å². The van der Waals surface area contributed by atoms with E-state index in [4.69, 9.17) is 34.8 Å². The quantitative estimate of drug-likeness (QED) is 0.152. The minimum atomic E-state index is -4.25. The van der Waals surface area contributed by atoms with Gasteiger partial charge in [0.2, 0.25) is 11.8 Å². The summed E-state index contributed by atoms with van der Waals surface area (Å²) in [5.41, 5.74) is 3.11. The van der Waals surface area contributed by atoms with Crippen molar-refractivity contribution in [3.63, 3.8) is 0 Å². The Kier molecular flexibility index (Phi) is 12.4. The average molecular weight is 715 g/mol. The molecule has 4 rings (SSSR count). The van der Waals surface area contributed by atoms with Crippen LogP contribution in [0.15, 0.2) is 95.9 Å². The molecule has 0 aliphatic carbocycles.